The van der Waals surface area contributed by atoms with Crippen LogP contribution in [0.15, 0.2) is 47.3 Å². The monoisotopic (exact) mass is 203 g/mol. The third-order valence-electron chi connectivity index (χ3n) is 2.22. The van der Waals surface area contributed by atoms with E-state index in [0.29, 0.717) is 12.3 Å². The lowest BCUT2D eigenvalue weighted by Gasteiger charge is -2.04. The Bertz CT molecular complexity index is 409. The van der Waals surface area contributed by atoms with Crippen molar-refractivity contribution in [3.8, 4) is 5.75 Å². The molecule has 0 aliphatic rings. The van der Waals surface area contributed by atoms with Crippen molar-refractivity contribution in [1.82, 2.24) is 5.32 Å². The maximum atomic E-state index is 9.51. The number of rotatable bonds is 4. The van der Waals surface area contributed by atoms with Crippen LogP contribution in [0.1, 0.15) is 11.1 Å². The Balaban J connectivity index is 1.86. The third kappa shape index (κ3) is 2.60. The molecule has 0 radical (unpaired) electrons. The molecule has 1 aromatic heterocycles. The van der Waals surface area contributed by atoms with Gasteiger partial charge in [-0.15, -0.1) is 0 Å². The lowest BCUT2D eigenvalue weighted by molar-refractivity contribution is 0.464. The van der Waals surface area contributed by atoms with E-state index in [-0.39, 0.29) is 0 Å². The van der Waals surface area contributed by atoms with Gasteiger partial charge in [-0.1, -0.05) is 18.2 Å². The summed E-state index contributed by atoms with van der Waals surface area (Å²) >= 11 is 0. The first-order chi connectivity index (χ1) is 7.36. The van der Waals surface area contributed by atoms with Gasteiger partial charge in [-0.05, 0) is 12.1 Å². The zero-order valence-corrected chi connectivity index (χ0v) is 8.31. The maximum Gasteiger partial charge on any atom is 0.120 e. The summed E-state index contributed by atoms with van der Waals surface area (Å²) in [5.41, 5.74) is 2.01. The second-order valence-electron chi connectivity index (χ2n) is 3.36. The topological polar surface area (TPSA) is 45.4 Å². The molecule has 1 aromatic carbocycles. The van der Waals surface area contributed by atoms with Gasteiger partial charge in [-0.2, -0.15) is 0 Å². The molecule has 0 amide bonds. The van der Waals surface area contributed by atoms with Crippen molar-refractivity contribution in [1.29, 1.82) is 0 Å². The van der Waals surface area contributed by atoms with Gasteiger partial charge >= 0.3 is 0 Å². The summed E-state index contributed by atoms with van der Waals surface area (Å²) in [6.45, 7) is 1.39. The van der Waals surface area contributed by atoms with Crippen LogP contribution in [0, 0.1) is 0 Å². The second-order valence-corrected chi connectivity index (χ2v) is 3.36. The SMILES string of the molecule is Oc1ccccc1CNCc1ccoc1. The maximum absolute atomic E-state index is 9.51. The van der Waals surface area contributed by atoms with Crippen molar-refractivity contribution in [2.75, 3.05) is 0 Å². The van der Waals surface area contributed by atoms with Crippen LogP contribution in [-0.4, -0.2) is 5.11 Å². The second kappa shape index (κ2) is 4.66. The molecule has 3 nitrogen and oxygen atoms in total. The molecule has 0 fully saturated rings. The number of benzene rings is 1. The number of nitrogens with one attached hydrogen (secondary N) is 1. The molecular weight excluding hydrogens is 190 g/mol. The van der Waals surface area contributed by atoms with Crippen molar-refractivity contribution < 1.29 is 9.52 Å². The van der Waals surface area contributed by atoms with Gasteiger partial charge in [-0.3, -0.25) is 0 Å². The number of hydrogen-bond donors (Lipinski definition) is 2. The van der Waals surface area contributed by atoms with Crippen molar-refractivity contribution in [3.05, 3.63) is 54.0 Å². The average Bonchev–Trinajstić information content (AvgIpc) is 2.74. The zero-order valence-electron chi connectivity index (χ0n) is 8.31. The van der Waals surface area contributed by atoms with E-state index in [1.807, 2.05) is 24.3 Å². The van der Waals surface area contributed by atoms with Gasteiger partial charge in [-0.25, -0.2) is 0 Å². The molecule has 0 spiro atoms. The number of aromatic hydroxyl groups is 1. The molecule has 0 atom stereocenters. The molecule has 2 rings (SSSR count). The Morgan fingerprint density at radius 2 is 2.00 bits per heavy atom. The molecule has 0 aliphatic carbocycles. The van der Waals surface area contributed by atoms with E-state index >= 15 is 0 Å². The molecule has 3 heteroatoms. The standard InChI is InChI=1S/C12H13NO2/c14-12-4-2-1-3-11(12)8-13-7-10-5-6-15-9-10/h1-6,9,13-14H,7-8H2. The summed E-state index contributed by atoms with van der Waals surface area (Å²) < 4.78 is 4.95. The van der Waals surface area contributed by atoms with Gasteiger partial charge in [0.25, 0.3) is 0 Å². The summed E-state index contributed by atoms with van der Waals surface area (Å²) in [4.78, 5) is 0. The predicted octanol–water partition coefficient (Wildman–Crippen LogP) is 2.28. The summed E-state index contributed by atoms with van der Waals surface area (Å²) in [6.07, 6.45) is 3.36. The van der Waals surface area contributed by atoms with Gasteiger partial charge in [0.05, 0.1) is 12.5 Å². The van der Waals surface area contributed by atoms with Gasteiger partial charge in [0.1, 0.15) is 5.75 Å². The molecule has 0 aliphatic heterocycles. The number of furan rings is 1. The number of phenols is 1. The normalized spacial score (nSPS) is 10.4. The predicted molar refractivity (Wildman–Crippen MR) is 57.4 cm³/mol. The van der Waals surface area contributed by atoms with Crippen molar-refractivity contribution in [2.24, 2.45) is 0 Å². The molecule has 0 bridgehead atoms. The molecule has 0 saturated heterocycles. The van der Waals surface area contributed by atoms with Crippen molar-refractivity contribution in [2.45, 2.75) is 13.1 Å². The minimum atomic E-state index is 0.331. The number of phenolic OH excluding ortho intramolecular Hbond substituents is 1. The molecule has 15 heavy (non-hydrogen) atoms. The van der Waals surface area contributed by atoms with E-state index in [0.717, 1.165) is 17.7 Å². The van der Waals surface area contributed by atoms with Crippen LogP contribution in [0.2, 0.25) is 0 Å². The van der Waals surface area contributed by atoms with Gasteiger partial charge in [0, 0.05) is 24.2 Å². The summed E-state index contributed by atoms with van der Waals surface area (Å²) in [5.74, 6) is 0.331. The van der Waals surface area contributed by atoms with E-state index in [1.54, 1.807) is 18.6 Å². The fraction of sp³-hybridized carbons (Fsp3) is 0.167. The lowest BCUT2D eigenvalue weighted by atomic mass is 10.2. The van der Waals surface area contributed by atoms with Crippen LogP contribution in [-0.2, 0) is 13.1 Å². The van der Waals surface area contributed by atoms with E-state index in [1.165, 1.54) is 0 Å². The Morgan fingerprint density at radius 3 is 2.73 bits per heavy atom. The van der Waals surface area contributed by atoms with Gasteiger partial charge in [0.15, 0.2) is 0 Å². The lowest BCUT2D eigenvalue weighted by Crippen LogP contribution is -2.12. The Hall–Kier alpha value is -1.74. The highest BCUT2D eigenvalue weighted by atomic mass is 16.3. The van der Waals surface area contributed by atoms with Crippen LogP contribution >= 0.6 is 0 Å². The van der Waals surface area contributed by atoms with Crippen LogP contribution in [0.3, 0.4) is 0 Å². The number of hydrogen-bond acceptors (Lipinski definition) is 3. The first-order valence-corrected chi connectivity index (χ1v) is 4.85. The largest absolute Gasteiger partial charge is 0.508 e. The molecule has 1 heterocycles. The fourth-order valence-corrected chi connectivity index (χ4v) is 1.40. The zero-order chi connectivity index (χ0) is 10.5. The first kappa shape index (κ1) is 9.80. The highest BCUT2D eigenvalue weighted by Crippen LogP contribution is 2.14. The molecular formula is C12H13NO2. The van der Waals surface area contributed by atoms with Crippen LogP contribution in [0.5, 0.6) is 5.75 Å². The molecule has 0 unspecified atom stereocenters. The van der Waals surface area contributed by atoms with E-state index in [4.69, 9.17) is 4.42 Å². The van der Waals surface area contributed by atoms with Crippen LogP contribution < -0.4 is 5.32 Å². The van der Waals surface area contributed by atoms with Crippen molar-refractivity contribution in [3.63, 3.8) is 0 Å². The fourth-order valence-electron chi connectivity index (χ4n) is 1.40. The molecule has 2 aromatic rings. The Morgan fingerprint density at radius 1 is 1.13 bits per heavy atom. The van der Waals surface area contributed by atoms with E-state index in [9.17, 15) is 5.11 Å². The highest BCUT2D eigenvalue weighted by Gasteiger charge is 1.99. The quantitative estimate of drug-likeness (QED) is 0.801. The van der Waals surface area contributed by atoms with Crippen LogP contribution in [0.25, 0.3) is 0 Å². The number of para-hydroxylation sites is 1. The Labute approximate surface area is 88.4 Å². The Kier molecular flexibility index (Phi) is 3.05. The minimum absolute atomic E-state index is 0.331. The van der Waals surface area contributed by atoms with Gasteiger partial charge < -0.3 is 14.8 Å². The van der Waals surface area contributed by atoms with Crippen LogP contribution in [0.4, 0.5) is 0 Å². The molecule has 2 N–H and O–H groups in total. The summed E-state index contributed by atoms with van der Waals surface area (Å²) in [6, 6.07) is 9.23. The highest BCUT2D eigenvalue weighted by molar-refractivity contribution is 5.31. The first-order valence-electron chi connectivity index (χ1n) is 4.85. The summed E-state index contributed by atoms with van der Waals surface area (Å²) in [5, 5.41) is 12.7. The molecule has 78 valence electrons. The van der Waals surface area contributed by atoms with E-state index in [2.05, 4.69) is 5.32 Å². The third-order valence-corrected chi connectivity index (χ3v) is 2.22. The average molecular weight is 203 g/mol. The van der Waals surface area contributed by atoms with Gasteiger partial charge in [0.2, 0.25) is 0 Å². The van der Waals surface area contributed by atoms with E-state index < -0.39 is 0 Å². The summed E-state index contributed by atoms with van der Waals surface area (Å²) in [7, 11) is 0. The molecule has 0 saturated carbocycles. The smallest absolute Gasteiger partial charge is 0.120 e. The minimum Gasteiger partial charge on any atom is -0.508 e. The van der Waals surface area contributed by atoms with Crippen molar-refractivity contribution >= 4 is 0 Å².